The number of rotatable bonds is 6. The Morgan fingerprint density at radius 3 is 2.54 bits per heavy atom. The Labute approximate surface area is 77.3 Å². The van der Waals surface area contributed by atoms with Gasteiger partial charge in [-0.05, 0) is 12.5 Å². The smallest absolute Gasteiger partial charge is 0.376 e. The molecule has 0 atom stereocenters. The number of carbonyl (C=O) groups is 1. The SMILES string of the molecule is C=CCC=C(ON)C(=O)OCC=C. The molecular formula is C9H13NO3. The van der Waals surface area contributed by atoms with Gasteiger partial charge in [0.15, 0.2) is 0 Å². The van der Waals surface area contributed by atoms with Gasteiger partial charge < -0.3 is 9.57 Å². The van der Waals surface area contributed by atoms with Crippen LogP contribution in [0.25, 0.3) is 0 Å². The highest BCUT2D eigenvalue weighted by atomic mass is 16.6. The van der Waals surface area contributed by atoms with Gasteiger partial charge in [0.1, 0.15) is 6.61 Å². The predicted octanol–water partition coefficient (Wildman–Crippen LogP) is 1.07. The summed E-state index contributed by atoms with van der Waals surface area (Å²) in [4.78, 5) is 15.4. The maximum atomic E-state index is 11.1. The molecule has 0 aromatic carbocycles. The van der Waals surface area contributed by atoms with E-state index in [0.29, 0.717) is 6.42 Å². The number of ether oxygens (including phenoxy) is 1. The monoisotopic (exact) mass is 183 g/mol. The van der Waals surface area contributed by atoms with Crippen molar-refractivity contribution in [3.63, 3.8) is 0 Å². The Hall–Kier alpha value is -1.55. The molecule has 0 aliphatic rings. The topological polar surface area (TPSA) is 61.5 Å². The fourth-order valence-electron chi connectivity index (χ4n) is 0.576. The van der Waals surface area contributed by atoms with Crippen molar-refractivity contribution in [2.75, 3.05) is 6.61 Å². The van der Waals surface area contributed by atoms with Crippen LogP contribution < -0.4 is 5.90 Å². The van der Waals surface area contributed by atoms with Gasteiger partial charge >= 0.3 is 5.97 Å². The van der Waals surface area contributed by atoms with Crippen LogP contribution in [0.4, 0.5) is 0 Å². The van der Waals surface area contributed by atoms with Crippen LogP contribution in [0.2, 0.25) is 0 Å². The second kappa shape index (κ2) is 7.12. The third-order valence-corrected chi connectivity index (χ3v) is 1.13. The lowest BCUT2D eigenvalue weighted by Gasteiger charge is -2.03. The minimum atomic E-state index is -0.607. The molecule has 0 heterocycles. The van der Waals surface area contributed by atoms with Crippen LogP contribution in [0.3, 0.4) is 0 Å². The summed E-state index contributed by atoms with van der Waals surface area (Å²) < 4.78 is 4.68. The second-order valence-corrected chi connectivity index (χ2v) is 2.10. The molecule has 0 aliphatic carbocycles. The fourth-order valence-corrected chi connectivity index (χ4v) is 0.576. The van der Waals surface area contributed by atoms with Crippen LogP contribution in [0, 0.1) is 0 Å². The first-order chi connectivity index (χ1) is 6.26. The summed E-state index contributed by atoms with van der Waals surface area (Å²) in [6.07, 6.45) is 5.05. The summed E-state index contributed by atoms with van der Waals surface area (Å²) in [6, 6.07) is 0. The highest BCUT2D eigenvalue weighted by Crippen LogP contribution is 1.99. The average molecular weight is 183 g/mol. The van der Waals surface area contributed by atoms with Crippen molar-refractivity contribution >= 4 is 5.97 Å². The van der Waals surface area contributed by atoms with Crippen molar-refractivity contribution in [3.8, 4) is 0 Å². The van der Waals surface area contributed by atoms with Crippen molar-refractivity contribution in [2.24, 2.45) is 5.90 Å². The molecule has 0 bridgehead atoms. The maximum Gasteiger partial charge on any atom is 0.376 e. The van der Waals surface area contributed by atoms with Crippen molar-refractivity contribution in [1.29, 1.82) is 0 Å². The van der Waals surface area contributed by atoms with Gasteiger partial charge in [-0.15, -0.1) is 6.58 Å². The van der Waals surface area contributed by atoms with Gasteiger partial charge in [0.2, 0.25) is 5.76 Å². The molecule has 4 nitrogen and oxygen atoms in total. The van der Waals surface area contributed by atoms with Gasteiger partial charge in [0.05, 0.1) is 0 Å². The summed E-state index contributed by atoms with van der Waals surface area (Å²) in [5, 5.41) is 0. The van der Waals surface area contributed by atoms with E-state index in [4.69, 9.17) is 5.90 Å². The lowest BCUT2D eigenvalue weighted by atomic mass is 10.3. The third kappa shape index (κ3) is 4.81. The molecule has 0 unspecified atom stereocenters. The van der Waals surface area contributed by atoms with Crippen LogP contribution in [-0.2, 0) is 14.4 Å². The van der Waals surface area contributed by atoms with E-state index in [1.807, 2.05) is 0 Å². The molecule has 0 aromatic heterocycles. The van der Waals surface area contributed by atoms with E-state index in [1.54, 1.807) is 6.08 Å². The number of carbonyl (C=O) groups excluding carboxylic acids is 1. The van der Waals surface area contributed by atoms with Gasteiger partial charge in [-0.2, -0.15) is 5.90 Å². The molecular weight excluding hydrogens is 170 g/mol. The zero-order valence-corrected chi connectivity index (χ0v) is 7.36. The van der Waals surface area contributed by atoms with Crippen LogP contribution in [0.1, 0.15) is 6.42 Å². The molecule has 0 spiro atoms. The van der Waals surface area contributed by atoms with E-state index in [1.165, 1.54) is 12.2 Å². The molecule has 0 rings (SSSR count). The first-order valence-electron chi connectivity index (χ1n) is 3.72. The zero-order valence-electron chi connectivity index (χ0n) is 7.36. The van der Waals surface area contributed by atoms with Crippen LogP contribution in [0.15, 0.2) is 37.1 Å². The van der Waals surface area contributed by atoms with Crippen LogP contribution >= 0.6 is 0 Å². The summed E-state index contributed by atoms with van der Waals surface area (Å²) >= 11 is 0. The van der Waals surface area contributed by atoms with Gasteiger partial charge in [-0.25, -0.2) is 4.79 Å². The van der Waals surface area contributed by atoms with E-state index < -0.39 is 5.97 Å². The average Bonchev–Trinajstić information content (AvgIpc) is 2.16. The normalized spacial score (nSPS) is 10.4. The molecule has 72 valence electrons. The highest BCUT2D eigenvalue weighted by molar-refractivity contribution is 5.86. The van der Waals surface area contributed by atoms with Crippen molar-refractivity contribution in [1.82, 2.24) is 0 Å². The molecule has 0 saturated carbocycles. The van der Waals surface area contributed by atoms with Crippen LogP contribution in [-0.4, -0.2) is 12.6 Å². The van der Waals surface area contributed by atoms with E-state index >= 15 is 0 Å². The third-order valence-electron chi connectivity index (χ3n) is 1.13. The number of nitrogens with two attached hydrogens (primary N) is 1. The molecule has 0 aromatic rings. The van der Waals surface area contributed by atoms with Gasteiger partial charge in [0, 0.05) is 0 Å². The summed E-state index contributed by atoms with van der Waals surface area (Å²) in [5.74, 6) is 4.22. The fraction of sp³-hybridized carbons (Fsp3) is 0.222. The van der Waals surface area contributed by atoms with E-state index in [-0.39, 0.29) is 12.4 Å². The Morgan fingerprint density at radius 2 is 2.08 bits per heavy atom. The molecule has 0 aliphatic heterocycles. The van der Waals surface area contributed by atoms with Crippen molar-refractivity contribution in [2.45, 2.75) is 6.42 Å². The molecule has 4 heteroatoms. The van der Waals surface area contributed by atoms with Gasteiger partial charge in [-0.3, -0.25) is 0 Å². The predicted molar refractivity (Wildman–Crippen MR) is 49.3 cm³/mol. The Kier molecular flexibility index (Phi) is 6.27. The number of hydrogen-bond donors (Lipinski definition) is 1. The molecule has 0 radical (unpaired) electrons. The first kappa shape index (κ1) is 11.4. The first-order valence-corrected chi connectivity index (χ1v) is 3.72. The van der Waals surface area contributed by atoms with E-state index in [0.717, 1.165) is 0 Å². The minimum Gasteiger partial charge on any atom is -0.456 e. The van der Waals surface area contributed by atoms with Crippen molar-refractivity contribution in [3.05, 3.63) is 37.1 Å². The lowest BCUT2D eigenvalue weighted by molar-refractivity contribution is -0.142. The molecule has 0 amide bonds. The number of esters is 1. The highest BCUT2D eigenvalue weighted by Gasteiger charge is 2.10. The largest absolute Gasteiger partial charge is 0.456 e. The number of hydrogen-bond acceptors (Lipinski definition) is 4. The minimum absolute atomic E-state index is 0.0262. The van der Waals surface area contributed by atoms with Gasteiger partial charge in [-0.1, -0.05) is 18.7 Å². The van der Waals surface area contributed by atoms with E-state index in [9.17, 15) is 4.79 Å². The van der Waals surface area contributed by atoms with Crippen LogP contribution in [0.5, 0.6) is 0 Å². The standard InChI is InChI=1S/C9H13NO3/c1-3-5-6-8(13-10)9(11)12-7-4-2/h3-4,6H,1-2,5,7,10H2. The summed E-state index contributed by atoms with van der Waals surface area (Å²) in [5.41, 5.74) is 0. The quantitative estimate of drug-likeness (QED) is 0.220. The Morgan fingerprint density at radius 1 is 1.38 bits per heavy atom. The second-order valence-electron chi connectivity index (χ2n) is 2.10. The molecule has 0 fully saturated rings. The lowest BCUT2D eigenvalue weighted by Crippen LogP contribution is -2.13. The molecule has 0 saturated heterocycles. The van der Waals surface area contributed by atoms with E-state index in [2.05, 4.69) is 22.7 Å². The summed E-state index contributed by atoms with van der Waals surface area (Å²) in [7, 11) is 0. The molecule has 13 heavy (non-hydrogen) atoms. The number of allylic oxidation sites excluding steroid dienone is 2. The maximum absolute atomic E-state index is 11.1. The summed E-state index contributed by atoms with van der Waals surface area (Å²) in [6.45, 7) is 7.01. The Balaban J connectivity index is 4.13. The van der Waals surface area contributed by atoms with Gasteiger partial charge in [0.25, 0.3) is 0 Å². The zero-order chi connectivity index (χ0) is 10.1. The molecule has 2 N–H and O–H groups in total. The van der Waals surface area contributed by atoms with Crippen molar-refractivity contribution < 1.29 is 14.4 Å². The Bertz CT molecular complexity index is 221.